The molecular formula is C8H10N2O4S. The van der Waals surface area contributed by atoms with Gasteiger partial charge in [-0.15, -0.1) is 0 Å². The molecule has 1 aromatic carbocycles. The number of Topliss-reactive ketones (excluding diaryl/α,β-unsaturated/α-hetero) is 1. The summed E-state index contributed by atoms with van der Waals surface area (Å²) in [5.41, 5.74) is 2.38. The minimum Gasteiger partial charge on any atom is -0.323 e. The lowest BCUT2D eigenvalue weighted by Crippen LogP contribution is -2.12. The van der Waals surface area contributed by atoms with E-state index in [9.17, 15) is 13.2 Å². The van der Waals surface area contributed by atoms with Crippen LogP contribution in [0.2, 0.25) is 0 Å². The molecule has 82 valence electrons. The summed E-state index contributed by atoms with van der Waals surface area (Å²) in [6.07, 6.45) is 0. The molecule has 0 aliphatic rings. The van der Waals surface area contributed by atoms with Crippen LogP contribution in [0.25, 0.3) is 0 Å². The predicted molar refractivity (Wildman–Crippen MR) is 54.1 cm³/mol. The zero-order valence-corrected chi connectivity index (χ0v) is 8.71. The Morgan fingerprint density at radius 3 is 2.47 bits per heavy atom. The molecule has 0 aromatic heterocycles. The van der Waals surface area contributed by atoms with Crippen molar-refractivity contribution < 1.29 is 17.8 Å². The monoisotopic (exact) mass is 230 g/mol. The molecule has 15 heavy (non-hydrogen) atoms. The Bertz CT molecular complexity index is 495. The van der Waals surface area contributed by atoms with Crippen molar-refractivity contribution in [2.75, 3.05) is 5.43 Å². The van der Waals surface area contributed by atoms with E-state index in [0.29, 0.717) is 5.56 Å². The van der Waals surface area contributed by atoms with E-state index in [1.807, 2.05) is 0 Å². The Balaban J connectivity index is 3.40. The Labute approximate surface area is 86.8 Å². The number of rotatable bonds is 3. The van der Waals surface area contributed by atoms with Crippen molar-refractivity contribution in [1.82, 2.24) is 0 Å². The van der Waals surface area contributed by atoms with E-state index in [0.717, 1.165) is 6.07 Å². The van der Waals surface area contributed by atoms with E-state index in [1.165, 1.54) is 19.1 Å². The van der Waals surface area contributed by atoms with Crippen LogP contribution < -0.4 is 11.3 Å². The average molecular weight is 230 g/mol. The third kappa shape index (κ3) is 2.52. The molecule has 6 nitrogen and oxygen atoms in total. The Hall–Kier alpha value is -1.44. The lowest BCUT2D eigenvalue weighted by atomic mass is 10.1. The fourth-order valence-corrected chi connectivity index (χ4v) is 1.72. The van der Waals surface area contributed by atoms with Crippen LogP contribution in [0.3, 0.4) is 0 Å². The smallest absolute Gasteiger partial charge is 0.296 e. The number of nitrogens with one attached hydrogen (secondary N) is 1. The summed E-state index contributed by atoms with van der Waals surface area (Å²) < 4.78 is 30.6. The van der Waals surface area contributed by atoms with Crippen LogP contribution in [0, 0.1) is 0 Å². The van der Waals surface area contributed by atoms with Crippen molar-refractivity contribution >= 4 is 21.6 Å². The molecule has 0 saturated heterocycles. The van der Waals surface area contributed by atoms with Gasteiger partial charge < -0.3 is 5.43 Å². The maximum atomic E-state index is 11.0. The molecule has 0 saturated carbocycles. The SMILES string of the molecule is CC(=O)c1ccc(S(=O)(=O)O)c(NN)c1. The third-order valence-corrected chi connectivity index (χ3v) is 2.73. The number of hydrogen-bond acceptors (Lipinski definition) is 5. The largest absolute Gasteiger partial charge is 0.323 e. The lowest BCUT2D eigenvalue weighted by Gasteiger charge is -2.07. The van der Waals surface area contributed by atoms with Gasteiger partial charge in [0.2, 0.25) is 0 Å². The number of anilines is 1. The maximum absolute atomic E-state index is 11.0. The highest BCUT2D eigenvalue weighted by atomic mass is 32.2. The highest BCUT2D eigenvalue weighted by Gasteiger charge is 2.16. The van der Waals surface area contributed by atoms with Crippen LogP contribution in [-0.4, -0.2) is 18.8 Å². The number of nitrogens with two attached hydrogens (primary N) is 1. The normalized spacial score (nSPS) is 11.1. The second kappa shape index (κ2) is 3.97. The first-order valence-electron chi connectivity index (χ1n) is 3.95. The van der Waals surface area contributed by atoms with Gasteiger partial charge in [0.25, 0.3) is 10.1 Å². The van der Waals surface area contributed by atoms with Gasteiger partial charge in [0.15, 0.2) is 5.78 Å². The molecule has 0 spiro atoms. The molecule has 0 bridgehead atoms. The van der Waals surface area contributed by atoms with E-state index >= 15 is 0 Å². The molecule has 1 aromatic rings. The van der Waals surface area contributed by atoms with Crippen LogP contribution in [0.5, 0.6) is 0 Å². The van der Waals surface area contributed by atoms with Crippen molar-refractivity contribution in [2.45, 2.75) is 11.8 Å². The van der Waals surface area contributed by atoms with E-state index < -0.39 is 10.1 Å². The number of ketones is 1. The van der Waals surface area contributed by atoms with Gasteiger partial charge in [-0.3, -0.25) is 15.2 Å². The van der Waals surface area contributed by atoms with Crippen LogP contribution in [0.15, 0.2) is 23.1 Å². The number of nitrogen functional groups attached to an aromatic ring is 1. The van der Waals surface area contributed by atoms with E-state index in [1.54, 1.807) is 0 Å². The van der Waals surface area contributed by atoms with Gasteiger partial charge in [-0.1, -0.05) is 0 Å². The van der Waals surface area contributed by atoms with Gasteiger partial charge in [-0.25, -0.2) is 0 Å². The first-order chi connectivity index (χ1) is 6.86. The van der Waals surface area contributed by atoms with Crippen molar-refractivity contribution in [3.8, 4) is 0 Å². The highest BCUT2D eigenvalue weighted by molar-refractivity contribution is 7.86. The van der Waals surface area contributed by atoms with Gasteiger partial charge >= 0.3 is 0 Å². The quantitative estimate of drug-likeness (QED) is 0.300. The van der Waals surface area contributed by atoms with Crippen LogP contribution in [-0.2, 0) is 10.1 Å². The van der Waals surface area contributed by atoms with Crippen molar-refractivity contribution in [3.63, 3.8) is 0 Å². The van der Waals surface area contributed by atoms with Crippen LogP contribution in [0.1, 0.15) is 17.3 Å². The first-order valence-corrected chi connectivity index (χ1v) is 5.39. The summed E-state index contributed by atoms with van der Waals surface area (Å²) in [6, 6.07) is 3.67. The summed E-state index contributed by atoms with van der Waals surface area (Å²) in [5.74, 6) is 4.85. The minimum absolute atomic E-state index is 0.0230. The number of benzene rings is 1. The van der Waals surface area contributed by atoms with Gasteiger partial charge in [-0.05, 0) is 25.1 Å². The molecule has 1 rings (SSSR count). The second-order valence-corrected chi connectivity index (χ2v) is 4.28. The van der Waals surface area contributed by atoms with E-state index in [2.05, 4.69) is 5.43 Å². The topological polar surface area (TPSA) is 109 Å². The number of hydrazine groups is 1. The molecule has 0 amide bonds. The zero-order chi connectivity index (χ0) is 11.6. The van der Waals surface area contributed by atoms with Crippen molar-refractivity contribution in [3.05, 3.63) is 23.8 Å². The standard InChI is InChI=1S/C8H10N2O4S/c1-5(11)6-2-3-8(15(12,13)14)7(4-6)10-9/h2-4,10H,9H2,1H3,(H,12,13,14). The first kappa shape index (κ1) is 11.6. The fourth-order valence-electron chi connectivity index (χ4n) is 1.09. The molecule has 0 radical (unpaired) electrons. The van der Waals surface area contributed by atoms with Crippen molar-refractivity contribution in [1.29, 1.82) is 0 Å². The molecule has 0 unspecified atom stereocenters. The van der Waals surface area contributed by atoms with Gasteiger partial charge in [0.1, 0.15) is 4.90 Å². The molecule has 4 N–H and O–H groups in total. The summed E-state index contributed by atoms with van der Waals surface area (Å²) in [4.78, 5) is 10.6. The lowest BCUT2D eigenvalue weighted by molar-refractivity contribution is 0.101. The summed E-state index contributed by atoms with van der Waals surface area (Å²) in [5, 5.41) is 0. The number of carbonyl (C=O) groups excluding carboxylic acids is 1. The number of carbonyl (C=O) groups is 1. The van der Waals surface area contributed by atoms with Crippen LogP contribution >= 0.6 is 0 Å². The van der Waals surface area contributed by atoms with E-state index in [4.69, 9.17) is 10.4 Å². The molecular weight excluding hydrogens is 220 g/mol. The second-order valence-electron chi connectivity index (χ2n) is 2.89. The maximum Gasteiger partial charge on any atom is 0.296 e. The van der Waals surface area contributed by atoms with Crippen LogP contribution in [0.4, 0.5) is 5.69 Å². The molecule has 0 aliphatic heterocycles. The molecule has 0 fully saturated rings. The summed E-state index contributed by atoms with van der Waals surface area (Å²) >= 11 is 0. The molecule has 7 heteroatoms. The average Bonchev–Trinajstić information content (AvgIpc) is 2.15. The minimum atomic E-state index is -4.34. The predicted octanol–water partition coefficient (Wildman–Crippen LogP) is 0.422. The van der Waals surface area contributed by atoms with E-state index in [-0.39, 0.29) is 16.4 Å². The number of hydrogen-bond donors (Lipinski definition) is 3. The molecule has 0 atom stereocenters. The molecule has 0 aliphatic carbocycles. The fraction of sp³-hybridized carbons (Fsp3) is 0.125. The summed E-state index contributed by atoms with van der Waals surface area (Å²) in [7, 11) is -4.34. The Morgan fingerprint density at radius 1 is 1.47 bits per heavy atom. The van der Waals surface area contributed by atoms with Gasteiger partial charge in [-0.2, -0.15) is 8.42 Å². The Morgan fingerprint density at radius 2 is 2.07 bits per heavy atom. The Kier molecular flexibility index (Phi) is 3.08. The zero-order valence-electron chi connectivity index (χ0n) is 7.89. The van der Waals surface area contributed by atoms with Crippen molar-refractivity contribution in [2.24, 2.45) is 5.84 Å². The van der Waals surface area contributed by atoms with Gasteiger partial charge in [0.05, 0.1) is 5.69 Å². The summed E-state index contributed by atoms with van der Waals surface area (Å²) in [6.45, 7) is 1.34. The van der Waals surface area contributed by atoms with Gasteiger partial charge in [0, 0.05) is 5.56 Å². The molecule has 0 heterocycles. The highest BCUT2D eigenvalue weighted by Crippen LogP contribution is 2.21. The third-order valence-electron chi connectivity index (χ3n) is 1.82.